The summed E-state index contributed by atoms with van der Waals surface area (Å²) in [5.74, 6) is 0.769. The van der Waals surface area contributed by atoms with Gasteiger partial charge in [0.15, 0.2) is 0 Å². The van der Waals surface area contributed by atoms with E-state index in [1.54, 1.807) is 7.11 Å². The maximum absolute atomic E-state index is 12.3. The molecule has 0 radical (unpaired) electrons. The molecule has 2 aromatic carbocycles. The van der Waals surface area contributed by atoms with Crippen molar-refractivity contribution in [1.29, 1.82) is 0 Å². The Morgan fingerprint density at radius 3 is 2.59 bits per heavy atom. The summed E-state index contributed by atoms with van der Waals surface area (Å²) in [6, 6.07) is 17.5. The molecule has 0 unspecified atom stereocenters. The molecule has 0 aliphatic heterocycles. The van der Waals surface area contributed by atoms with E-state index in [9.17, 15) is 4.79 Å². The minimum Gasteiger partial charge on any atom is -0.495 e. The topological polar surface area (TPSA) is 64.1 Å². The van der Waals surface area contributed by atoms with Crippen molar-refractivity contribution in [2.45, 2.75) is 18.9 Å². The quantitative estimate of drug-likeness (QED) is 0.639. The SMILES string of the molecule is COc1ccc(C)cc1NC(=O)CSc1ccc(-c2ccccc2C)nn1. The number of aryl methyl sites for hydroxylation is 2. The predicted octanol–water partition coefficient (Wildman–Crippen LogP) is 4.50. The maximum Gasteiger partial charge on any atom is 0.234 e. The van der Waals surface area contributed by atoms with Gasteiger partial charge in [0.25, 0.3) is 0 Å². The Kier molecular flexibility index (Phi) is 6.08. The van der Waals surface area contributed by atoms with Crippen molar-refractivity contribution in [1.82, 2.24) is 10.2 Å². The van der Waals surface area contributed by atoms with E-state index in [-0.39, 0.29) is 11.7 Å². The molecular weight excluding hydrogens is 358 g/mol. The number of aromatic nitrogens is 2. The molecule has 6 heteroatoms. The predicted molar refractivity (Wildman–Crippen MR) is 109 cm³/mol. The lowest BCUT2D eigenvalue weighted by molar-refractivity contribution is -0.113. The largest absolute Gasteiger partial charge is 0.495 e. The molecule has 138 valence electrons. The fourth-order valence-electron chi connectivity index (χ4n) is 2.65. The first-order valence-corrected chi connectivity index (χ1v) is 9.52. The van der Waals surface area contributed by atoms with Crippen LogP contribution in [0, 0.1) is 13.8 Å². The van der Waals surface area contributed by atoms with Crippen LogP contribution in [0.15, 0.2) is 59.6 Å². The third-order valence-corrected chi connectivity index (χ3v) is 4.96. The van der Waals surface area contributed by atoms with Gasteiger partial charge >= 0.3 is 0 Å². The molecule has 0 atom stereocenters. The number of rotatable bonds is 6. The first kappa shape index (κ1) is 18.9. The number of carbonyl (C=O) groups excluding carboxylic acids is 1. The lowest BCUT2D eigenvalue weighted by atomic mass is 10.1. The second-order valence-corrected chi connectivity index (χ2v) is 7.11. The van der Waals surface area contributed by atoms with E-state index in [4.69, 9.17) is 4.74 Å². The van der Waals surface area contributed by atoms with Gasteiger partial charge in [-0.25, -0.2) is 0 Å². The van der Waals surface area contributed by atoms with Gasteiger partial charge in [-0.1, -0.05) is 42.1 Å². The fraction of sp³-hybridized carbons (Fsp3) is 0.190. The maximum atomic E-state index is 12.3. The number of hydrogen-bond acceptors (Lipinski definition) is 5. The lowest BCUT2D eigenvalue weighted by Gasteiger charge is -2.10. The smallest absolute Gasteiger partial charge is 0.234 e. The van der Waals surface area contributed by atoms with Crippen LogP contribution in [0.5, 0.6) is 5.75 Å². The Hall–Kier alpha value is -2.86. The van der Waals surface area contributed by atoms with Gasteiger partial charge in [0.1, 0.15) is 10.8 Å². The number of amides is 1. The van der Waals surface area contributed by atoms with Crippen LogP contribution in [0.1, 0.15) is 11.1 Å². The van der Waals surface area contributed by atoms with Crippen LogP contribution in [0.4, 0.5) is 5.69 Å². The van der Waals surface area contributed by atoms with E-state index in [2.05, 4.69) is 15.5 Å². The molecule has 0 fully saturated rings. The number of methoxy groups -OCH3 is 1. The van der Waals surface area contributed by atoms with E-state index in [1.165, 1.54) is 11.8 Å². The van der Waals surface area contributed by atoms with Crippen LogP contribution in [0.3, 0.4) is 0 Å². The molecule has 0 saturated carbocycles. The average Bonchev–Trinajstić information content (AvgIpc) is 2.67. The minimum absolute atomic E-state index is 0.117. The molecule has 27 heavy (non-hydrogen) atoms. The number of benzene rings is 2. The van der Waals surface area contributed by atoms with Crippen molar-refractivity contribution in [3.05, 3.63) is 65.7 Å². The summed E-state index contributed by atoms with van der Waals surface area (Å²) in [7, 11) is 1.58. The summed E-state index contributed by atoms with van der Waals surface area (Å²) in [6.45, 7) is 4.01. The summed E-state index contributed by atoms with van der Waals surface area (Å²) in [6.07, 6.45) is 0. The first-order valence-electron chi connectivity index (χ1n) is 8.54. The van der Waals surface area contributed by atoms with Crippen LogP contribution in [0.2, 0.25) is 0 Å². The average molecular weight is 379 g/mol. The van der Waals surface area contributed by atoms with E-state index in [0.717, 1.165) is 22.4 Å². The third-order valence-electron chi connectivity index (χ3n) is 4.04. The Bertz CT molecular complexity index is 942. The van der Waals surface area contributed by atoms with Crippen LogP contribution in [0.25, 0.3) is 11.3 Å². The van der Waals surface area contributed by atoms with Gasteiger partial charge in [-0.15, -0.1) is 10.2 Å². The molecule has 3 rings (SSSR count). The molecule has 0 spiro atoms. The number of ether oxygens (including phenoxy) is 1. The fourth-order valence-corrected chi connectivity index (χ4v) is 3.26. The number of carbonyl (C=O) groups is 1. The van der Waals surface area contributed by atoms with Crippen molar-refractivity contribution in [3.8, 4) is 17.0 Å². The molecule has 0 bridgehead atoms. The van der Waals surface area contributed by atoms with Crippen molar-refractivity contribution in [2.75, 3.05) is 18.2 Å². The van der Waals surface area contributed by atoms with Crippen molar-refractivity contribution in [3.63, 3.8) is 0 Å². The summed E-state index contributed by atoms with van der Waals surface area (Å²) >= 11 is 1.35. The van der Waals surface area contributed by atoms with Gasteiger partial charge in [-0.2, -0.15) is 0 Å². The van der Waals surface area contributed by atoms with Crippen LogP contribution in [-0.2, 0) is 4.79 Å². The molecular formula is C21H21N3O2S. The highest BCUT2D eigenvalue weighted by molar-refractivity contribution is 7.99. The summed E-state index contributed by atoms with van der Waals surface area (Å²) in [4.78, 5) is 12.3. The molecule has 0 saturated heterocycles. The molecule has 0 aliphatic carbocycles. The highest BCUT2D eigenvalue weighted by atomic mass is 32.2. The zero-order chi connectivity index (χ0) is 19.2. The third kappa shape index (κ3) is 4.86. The van der Waals surface area contributed by atoms with E-state index >= 15 is 0 Å². The molecule has 0 aliphatic rings. The molecule has 1 amide bonds. The van der Waals surface area contributed by atoms with E-state index < -0.39 is 0 Å². The number of anilines is 1. The van der Waals surface area contributed by atoms with Gasteiger partial charge in [0.2, 0.25) is 5.91 Å². The van der Waals surface area contributed by atoms with E-state index in [1.807, 2.05) is 68.4 Å². The number of nitrogens with zero attached hydrogens (tertiary/aromatic N) is 2. The first-order chi connectivity index (χ1) is 13.1. The van der Waals surface area contributed by atoms with Crippen LogP contribution in [-0.4, -0.2) is 29.0 Å². The van der Waals surface area contributed by atoms with Crippen LogP contribution < -0.4 is 10.1 Å². The van der Waals surface area contributed by atoms with E-state index in [0.29, 0.717) is 16.5 Å². The second kappa shape index (κ2) is 8.68. The van der Waals surface area contributed by atoms with Crippen molar-refractivity contribution < 1.29 is 9.53 Å². The Balaban J connectivity index is 1.61. The van der Waals surface area contributed by atoms with Crippen molar-refractivity contribution >= 4 is 23.4 Å². The monoisotopic (exact) mass is 379 g/mol. The highest BCUT2D eigenvalue weighted by Crippen LogP contribution is 2.26. The highest BCUT2D eigenvalue weighted by Gasteiger charge is 2.10. The molecule has 1 N–H and O–H groups in total. The Morgan fingerprint density at radius 2 is 1.89 bits per heavy atom. The van der Waals surface area contributed by atoms with Crippen molar-refractivity contribution in [2.24, 2.45) is 0 Å². The standard InChI is InChI=1S/C21H21N3O2S/c1-14-8-10-19(26-3)18(12-14)22-20(25)13-27-21-11-9-17(23-24-21)16-7-5-4-6-15(16)2/h4-12H,13H2,1-3H3,(H,22,25). The van der Waals surface area contributed by atoms with Gasteiger partial charge < -0.3 is 10.1 Å². The Labute approximate surface area is 163 Å². The molecule has 5 nitrogen and oxygen atoms in total. The zero-order valence-corrected chi connectivity index (χ0v) is 16.3. The molecule has 1 heterocycles. The van der Waals surface area contributed by atoms with Gasteiger partial charge in [-0.05, 0) is 49.2 Å². The zero-order valence-electron chi connectivity index (χ0n) is 15.5. The minimum atomic E-state index is -0.117. The lowest BCUT2D eigenvalue weighted by Crippen LogP contribution is -2.15. The normalized spacial score (nSPS) is 10.5. The molecule has 1 aromatic heterocycles. The summed E-state index contributed by atoms with van der Waals surface area (Å²) in [5.41, 5.74) is 4.76. The number of thioether (sulfide) groups is 1. The summed E-state index contributed by atoms with van der Waals surface area (Å²) in [5, 5.41) is 12.1. The second-order valence-electron chi connectivity index (χ2n) is 6.11. The van der Waals surface area contributed by atoms with Crippen LogP contribution >= 0.6 is 11.8 Å². The Morgan fingerprint density at radius 1 is 1.07 bits per heavy atom. The van der Waals surface area contributed by atoms with Gasteiger partial charge in [-0.3, -0.25) is 4.79 Å². The number of nitrogens with one attached hydrogen (secondary N) is 1. The van der Waals surface area contributed by atoms with Gasteiger partial charge in [0.05, 0.1) is 24.2 Å². The summed E-state index contributed by atoms with van der Waals surface area (Å²) < 4.78 is 5.28. The van der Waals surface area contributed by atoms with Gasteiger partial charge in [0, 0.05) is 5.56 Å². The molecule has 3 aromatic rings. The number of hydrogen-bond donors (Lipinski definition) is 1.